The van der Waals surface area contributed by atoms with Gasteiger partial charge in [0.15, 0.2) is 0 Å². The SMILES string of the molecule is NC(=O)CCCCNc1ccc(C(F)(F)F)cc1. The fourth-order valence-corrected chi connectivity index (χ4v) is 1.43. The van der Waals surface area contributed by atoms with Gasteiger partial charge in [0.1, 0.15) is 0 Å². The Hall–Kier alpha value is -1.72. The first-order valence-electron chi connectivity index (χ1n) is 5.59. The van der Waals surface area contributed by atoms with E-state index in [9.17, 15) is 18.0 Å². The van der Waals surface area contributed by atoms with E-state index in [4.69, 9.17) is 5.73 Å². The summed E-state index contributed by atoms with van der Waals surface area (Å²) in [7, 11) is 0. The summed E-state index contributed by atoms with van der Waals surface area (Å²) in [5, 5.41) is 2.98. The van der Waals surface area contributed by atoms with Gasteiger partial charge in [-0.05, 0) is 37.1 Å². The molecule has 0 bridgehead atoms. The van der Waals surface area contributed by atoms with Crippen LogP contribution in [0.25, 0.3) is 0 Å². The van der Waals surface area contributed by atoms with Gasteiger partial charge in [-0.3, -0.25) is 4.79 Å². The number of primary amides is 1. The molecule has 0 aliphatic heterocycles. The molecule has 0 radical (unpaired) electrons. The number of rotatable bonds is 6. The van der Waals surface area contributed by atoms with E-state index >= 15 is 0 Å². The lowest BCUT2D eigenvalue weighted by molar-refractivity contribution is -0.137. The van der Waals surface area contributed by atoms with Gasteiger partial charge in [-0.1, -0.05) is 0 Å². The fourth-order valence-electron chi connectivity index (χ4n) is 1.43. The third-order valence-corrected chi connectivity index (χ3v) is 2.39. The van der Waals surface area contributed by atoms with Crippen molar-refractivity contribution in [3.05, 3.63) is 29.8 Å². The van der Waals surface area contributed by atoms with Gasteiger partial charge in [0, 0.05) is 18.7 Å². The van der Waals surface area contributed by atoms with Crippen molar-refractivity contribution in [3.63, 3.8) is 0 Å². The van der Waals surface area contributed by atoms with Gasteiger partial charge in [-0.2, -0.15) is 13.2 Å². The lowest BCUT2D eigenvalue weighted by Gasteiger charge is -2.09. The van der Waals surface area contributed by atoms with E-state index in [0.29, 0.717) is 25.1 Å². The molecule has 100 valence electrons. The van der Waals surface area contributed by atoms with Crippen LogP contribution < -0.4 is 11.1 Å². The van der Waals surface area contributed by atoms with Crippen molar-refractivity contribution in [3.8, 4) is 0 Å². The molecule has 1 aromatic carbocycles. The Morgan fingerprint density at radius 1 is 1.17 bits per heavy atom. The fraction of sp³-hybridized carbons (Fsp3) is 0.417. The van der Waals surface area contributed by atoms with Crippen LogP contribution in [0.3, 0.4) is 0 Å². The van der Waals surface area contributed by atoms with Crippen molar-refractivity contribution in [1.29, 1.82) is 0 Å². The summed E-state index contributed by atoms with van der Waals surface area (Å²) in [6.07, 6.45) is -2.57. The molecule has 0 fully saturated rings. The molecule has 0 heterocycles. The van der Waals surface area contributed by atoms with Crippen molar-refractivity contribution < 1.29 is 18.0 Å². The van der Waals surface area contributed by atoms with Gasteiger partial charge in [-0.15, -0.1) is 0 Å². The molecule has 6 heteroatoms. The topological polar surface area (TPSA) is 55.1 Å². The largest absolute Gasteiger partial charge is 0.416 e. The average Bonchev–Trinajstić information content (AvgIpc) is 2.27. The average molecular weight is 260 g/mol. The summed E-state index contributed by atoms with van der Waals surface area (Å²) < 4.78 is 36.9. The van der Waals surface area contributed by atoms with Crippen LogP contribution in [-0.2, 0) is 11.0 Å². The summed E-state index contributed by atoms with van der Waals surface area (Å²) in [5.74, 6) is -0.343. The van der Waals surface area contributed by atoms with Crippen LogP contribution in [0, 0.1) is 0 Å². The van der Waals surface area contributed by atoms with E-state index in [1.807, 2.05) is 0 Å². The Morgan fingerprint density at radius 3 is 2.28 bits per heavy atom. The second-order valence-electron chi connectivity index (χ2n) is 3.93. The number of carbonyl (C=O) groups is 1. The van der Waals surface area contributed by atoms with Gasteiger partial charge in [0.05, 0.1) is 5.56 Å². The summed E-state index contributed by atoms with van der Waals surface area (Å²) in [4.78, 5) is 10.5. The van der Waals surface area contributed by atoms with Gasteiger partial charge in [0.2, 0.25) is 5.91 Å². The third kappa shape index (κ3) is 5.07. The lowest BCUT2D eigenvalue weighted by Crippen LogP contribution is -2.11. The predicted molar refractivity (Wildman–Crippen MR) is 63.0 cm³/mol. The molecule has 0 unspecified atom stereocenters. The van der Waals surface area contributed by atoms with E-state index < -0.39 is 11.7 Å². The molecule has 0 spiro atoms. The van der Waals surface area contributed by atoms with Crippen molar-refractivity contribution in [2.24, 2.45) is 5.73 Å². The van der Waals surface area contributed by atoms with Crippen LogP contribution >= 0.6 is 0 Å². The van der Waals surface area contributed by atoms with Crippen molar-refractivity contribution in [1.82, 2.24) is 0 Å². The highest BCUT2D eigenvalue weighted by molar-refractivity contribution is 5.73. The molecule has 1 aromatic rings. The Labute approximate surface area is 103 Å². The number of nitrogens with two attached hydrogens (primary N) is 1. The van der Waals surface area contributed by atoms with Crippen LogP contribution in [0.2, 0.25) is 0 Å². The van der Waals surface area contributed by atoms with E-state index in [1.165, 1.54) is 12.1 Å². The van der Waals surface area contributed by atoms with E-state index in [-0.39, 0.29) is 5.91 Å². The Morgan fingerprint density at radius 2 is 1.78 bits per heavy atom. The van der Waals surface area contributed by atoms with E-state index in [2.05, 4.69) is 5.32 Å². The molecule has 18 heavy (non-hydrogen) atoms. The summed E-state index contributed by atoms with van der Waals surface area (Å²) in [6.45, 7) is 0.596. The molecule has 0 aliphatic carbocycles. The van der Waals surface area contributed by atoms with Gasteiger partial charge in [-0.25, -0.2) is 0 Å². The van der Waals surface area contributed by atoms with Crippen LogP contribution in [0.4, 0.5) is 18.9 Å². The second-order valence-corrected chi connectivity index (χ2v) is 3.93. The van der Waals surface area contributed by atoms with Crippen molar-refractivity contribution in [2.45, 2.75) is 25.4 Å². The highest BCUT2D eigenvalue weighted by atomic mass is 19.4. The zero-order valence-corrected chi connectivity index (χ0v) is 9.76. The Kier molecular flexibility index (Phi) is 5.00. The maximum absolute atomic E-state index is 12.3. The van der Waals surface area contributed by atoms with Crippen LogP contribution in [0.5, 0.6) is 0 Å². The molecule has 1 rings (SSSR count). The quantitative estimate of drug-likeness (QED) is 0.773. The lowest BCUT2D eigenvalue weighted by atomic mass is 10.2. The number of hydrogen-bond acceptors (Lipinski definition) is 2. The smallest absolute Gasteiger partial charge is 0.385 e. The molecule has 0 saturated heterocycles. The molecule has 3 nitrogen and oxygen atoms in total. The van der Waals surface area contributed by atoms with Gasteiger partial charge >= 0.3 is 6.18 Å². The number of alkyl halides is 3. The number of hydrogen-bond donors (Lipinski definition) is 2. The monoisotopic (exact) mass is 260 g/mol. The van der Waals surface area contributed by atoms with Crippen LogP contribution in [-0.4, -0.2) is 12.5 Å². The highest BCUT2D eigenvalue weighted by Crippen LogP contribution is 2.29. The molecule has 0 aromatic heterocycles. The highest BCUT2D eigenvalue weighted by Gasteiger charge is 2.29. The first-order valence-corrected chi connectivity index (χ1v) is 5.59. The number of carbonyl (C=O) groups excluding carboxylic acids is 1. The molecular weight excluding hydrogens is 245 g/mol. The minimum atomic E-state index is -4.31. The molecule has 0 atom stereocenters. The maximum atomic E-state index is 12.3. The minimum Gasteiger partial charge on any atom is -0.385 e. The van der Waals surface area contributed by atoms with Crippen LogP contribution in [0.1, 0.15) is 24.8 Å². The van der Waals surface area contributed by atoms with E-state index in [0.717, 1.165) is 18.6 Å². The minimum absolute atomic E-state index is 0.328. The Balaban J connectivity index is 2.33. The van der Waals surface area contributed by atoms with Gasteiger partial charge < -0.3 is 11.1 Å². The number of benzene rings is 1. The summed E-state index contributed by atoms with van der Waals surface area (Å²) in [5.41, 5.74) is 4.94. The zero-order valence-electron chi connectivity index (χ0n) is 9.76. The predicted octanol–water partition coefficient (Wildman–Crippen LogP) is 2.77. The standard InChI is InChI=1S/C12H15F3N2O/c13-12(14,15)9-4-6-10(7-5-9)17-8-2-1-3-11(16)18/h4-7,17H,1-3,8H2,(H2,16,18). The number of nitrogens with one attached hydrogen (secondary N) is 1. The number of anilines is 1. The van der Waals surface area contributed by atoms with E-state index in [1.54, 1.807) is 0 Å². The van der Waals surface area contributed by atoms with Gasteiger partial charge in [0.25, 0.3) is 0 Å². The number of unbranched alkanes of at least 4 members (excludes halogenated alkanes) is 1. The maximum Gasteiger partial charge on any atom is 0.416 e. The summed E-state index contributed by atoms with van der Waals surface area (Å²) >= 11 is 0. The molecule has 0 aliphatic rings. The normalized spacial score (nSPS) is 11.3. The number of halogens is 3. The number of amides is 1. The Bertz CT molecular complexity index is 387. The molecule has 3 N–H and O–H groups in total. The molecule has 0 saturated carbocycles. The molecular formula is C12H15F3N2O. The first-order chi connectivity index (χ1) is 8.39. The van der Waals surface area contributed by atoms with Crippen molar-refractivity contribution >= 4 is 11.6 Å². The second kappa shape index (κ2) is 6.28. The summed E-state index contributed by atoms with van der Waals surface area (Å²) in [6, 6.07) is 4.84. The zero-order chi connectivity index (χ0) is 13.6. The third-order valence-electron chi connectivity index (χ3n) is 2.39. The van der Waals surface area contributed by atoms with Crippen molar-refractivity contribution in [2.75, 3.05) is 11.9 Å². The molecule has 1 amide bonds. The first kappa shape index (κ1) is 14.3. The van der Waals surface area contributed by atoms with Crippen LogP contribution in [0.15, 0.2) is 24.3 Å².